The summed E-state index contributed by atoms with van der Waals surface area (Å²) >= 11 is 0. The molecule has 1 amide bonds. The Morgan fingerprint density at radius 2 is 1.73 bits per heavy atom. The number of benzene rings is 2. The quantitative estimate of drug-likeness (QED) is 0.864. The highest BCUT2D eigenvalue weighted by molar-refractivity contribution is 5.99. The normalized spacial score (nSPS) is 28.2. The largest absolute Gasteiger partial charge is 0.315 e. The highest BCUT2D eigenvalue weighted by Crippen LogP contribution is 2.36. The summed E-state index contributed by atoms with van der Waals surface area (Å²) in [5.74, 6) is 1.50. The average Bonchev–Trinajstić information content (AvgIpc) is 2.92. The molecule has 26 heavy (non-hydrogen) atoms. The van der Waals surface area contributed by atoms with E-state index in [1.807, 2.05) is 41.3 Å². The summed E-state index contributed by atoms with van der Waals surface area (Å²) in [7, 11) is 0. The summed E-state index contributed by atoms with van der Waals surface area (Å²) in [4.78, 5) is 15.1. The summed E-state index contributed by atoms with van der Waals surface area (Å²) in [5.41, 5.74) is 3.14. The van der Waals surface area contributed by atoms with Crippen molar-refractivity contribution in [2.75, 3.05) is 0 Å². The van der Waals surface area contributed by atoms with Crippen molar-refractivity contribution in [1.82, 2.24) is 10.2 Å². The Morgan fingerprint density at radius 1 is 1.00 bits per heavy atom. The monoisotopic (exact) mass is 348 g/mol. The van der Waals surface area contributed by atoms with Gasteiger partial charge in [-0.1, -0.05) is 75.2 Å². The maximum Gasteiger partial charge on any atom is 0.256 e. The van der Waals surface area contributed by atoms with Crippen LogP contribution in [0.4, 0.5) is 0 Å². The smallest absolute Gasteiger partial charge is 0.256 e. The molecule has 3 nitrogen and oxygen atoms in total. The van der Waals surface area contributed by atoms with Gasteiger partial charge in [-0.05, 0) is 29.9 Å². The molecule has 2 aromatic carbocycles. The van der Waals surface area contributed by atoms with Crippen LogP contribution >= 0.6 is 0 Å². The zero-order chi connectivity index (χ0) is 18.1. The molecular weight excluding hydrogens is 320 g/mol. The van der Waals surface area contributed by atoms with Crippen LogP contribution < -0.4 is 5.32 Å². The zero-order valence-electron chi connectivity index (χ0n) is 15.7. The lowest BCUT2D eigenvalue weighted by molar-refractivity contribution is 0.0623. The van der Waals surface area contributed by atoms with Crippen LogP contribution in [0.25, 0.3) is 0 Å². The molecule has 4 atom stereocenters. The molecule has 1 heterocycles. The number of fused-ring (bicyclic) bond motifs is 1. The molecule has 3 heteroatoms. The van der Waals surface area contributed by atoms with Crippen LogP contribution in [0.15, 0.2) is 54.6 Å². The standard InChI is InChI=1S/C23H28N2O/c1-16-9-8-14-21(17(16)2)24-22-19-12-6-7-13-20(19)23(26)25(22)15-18-10-4-3-5-11-18/h3-7,10-13,16-17,21-22,24H,8-9,14-15H2,1-2H3. The number of carbonyl (C=O) groups is 1. The van der Waals surface area contributed by atoms with Crippen molar-refractivity contribution in [3.63, 3.8) is 0 Å². The second-order valence-electron chi connectivity index (χ2n) is 7.95. The molecule has 2 aliphatic rings. The summed E-state index contributed by atoms with van der Waals surface area (Å²) in [5, 5.41) is 3.86. The Hall–Kier alpha value is -2.13. The summed E-state index contributed by atoms with van der Waals surface area (Å²) in [6.07, 6.45) is 3.74. The fraction of sp³-hybridized carbons (Fsp3) is 0.435. The van der Waals surface area contributed by atoms with E-state index in [0.717, 1.165) is 17.0 Å². The summed E-state index contributed by atoms with van der Waals surface area (Å²) < 4.78 is 0. The molecule has 4 rings (SSSR count). The molecule has 4 unspecified atom stereocenters. The minimum absolute atomic E-state index is 0.0309. The van der Waals surface area contributed by atoms with E-state index in [2.05, 4.69) is 37.4 Å². The highest BCUT2D eigenvalue weighted by Gasteiger charge is 2.39. The van der Waals surface area contributed by atoms with Crippen LogP contribution in [-0.4, -0.2) is 16.8 Å². The van der Waals surface area contributed by atoms with Gasteiger partial charge in [-0.25, -0.2) is 0 Å². The molecule has 1 saturated carbocycles. The third-order valence-corrected chi connectivity index (χ3v) is 6.33. The van der Waals surface area contributed by atoms with Crippen molar-refractivity contribution in [2.24, 2.45) is 11.8 Å². The van der Waals surface area contributed by atoms with Crippen molar-refractivity contribution >= 4 is 5.91 Å². The second-order valence-corrected chi connectivity index (χ2v) is 7.95. The Balaban J connectivity index is 1.62. The molecule has 1 aliphatic heterocycles. The van der Waals surface area contributed by atoms with Crippen molar-refractivity contribution in [1.29, 1.82) is 0 Å². The lowest BCUT2D eigenvalue weighted by Crippen LogP contribution is -2.46. The minimum atomic E-state index is -0.0309. The first kappa shape index (κ1) is 17.3. The van der Waals surface area contributed by atoms with Crippen molar-refractivity contribution in [3.8, 4) is 0 Å². The summed E-state index contributed by atoms with van der Waals surface area (Å²) in [6, 6.07) is 18.8. The Morgan fingerprint density at radius 3 is 2.54 bits per heavy atom. The third kappa shape index (κ3) is 3.16. The maximum atomic E-state index is 13.1. The molecule has 0 saturated heterocycles. The van der Waals surface area contributed by atoms with E-state index in [0.29, 0.717) is 18.5 Å². The van der Waals surface area contributed by atoms with E-state index in [4.69, 9.17) is 0 Å². The van der Waals surface area contributed by atoms with Gasteiger partial charge in [0.05, 0.1) is 0 Å². The number of hydrogen-bond acceptors (Lipinski definition) is 2. The average molecular weight is 348 g/mol. The van der Waals surface area contributed by atoms with Gasteiger partial charge in [0, 0.05) is 23.7 Å². The zero-order valence-corrected chi connectivity index (χ0v) is 15.7. The summed E-state index contributed by atoms with van der Waals surface area (Å²) in [6.45, 7) is 5.35. The van der Waals surface area contributed by atoms with Crippen molar-refractivity contribution < 1.29 is 4.79 Å². The molecule has 2 aromatic rings. The van der Waals surface area contributed by atoms with Gasteiger partial charge >= 0.3 is 0 Å². The molecule has 0 spiro atoms. The molecular formula is C23H28N2O. The van der Waals surface area contributed by atoms with E-state index >= 15 is 0 Å². The van der Waals surface area contributed by atoms with E-state index in [9.17, 15) is 4.79 Å². The Labute approximate surface area is 156 Å². The molecule has 136 valence electrons. The van der Waals surface area contributed by atoms with Crippen LogP contribution in [0.3, 0.4) is 0 Å². The van der Waals surface area contributed by atoms with Gasteiger partial charge in [0.1, 0.15) is 6.17 Å². The number of nitrogens with one attached hydrogen (secondary N) is 1. The SMILES string of the molecule is CC1CCCC(NC2c3ccccc3C(=O)N2Cc2ccccc2)C1C. The Bertz CT molecular complexity index is 773. The predicted molar refractivity (Wildman–Crippen MR) is 105 cm³/mol. The van der Waals surface area contributed by atoms with E-state index in [1.165, 1.54) is 24.8 Å². The predicted octanol–water partition coefficient (Wildman–Crippen LogP) is 4.76. The molecule has 0 bridgehead atoms. The lowest BCUT2D eigenvalue weighted by Gasteiger charge is -2.38. The molecule has 0 aromatic heterocycles. The maximum absolute atomic E-state index is 13.1. The van der Waals surface area contributed by atoms with Crippen LogP contribution in [-0.2, 0) is 6.54 Å². The van der Waals surface area contributed by atoms with Gasteiger partial charge in [-0.15, -0.1) is 0 Å². The van der Waals surface area contributed by atoms with Crippen LogP contribution in [0.5, 0.6) is 0 Å². The van der Waals surface area contributed by atoms with Gasteiger partial charge in [-0.2, -0.15) is 0 Å². The van der Waals surface area contributed by atoms with Crippen LogP contribution in [0.2, 0.25) is 0 Å². The number of hydrogen-bond donors (Lipinski definition) is 1. The first-order valence-corrected chi connectivity index (χ1v) is 9.85. The van der Waals surface area contributed by atoms with Gasteiger partial charge in [0.25, 0.3) is 5.91 Å². The van der Waals surface area contributed by atoms with Crippen molar-refractivity contribution in [3.05, 3.63) is 71.3 Å². The fourth-order valence-corrected chi connectivity index (χ4v) is 4.51. The fourth-order valence-electron chi connectivity index (χ4n) is 4.51. The van der Waals surface area contributed by atoms with Crippen LogP contribution in [0, 0.1) is 11.8 Å². The third-order valence-electron chi connectivity index (χ3n) is 6.33. The number of nitrogens with zero attached hydrogens (tertiary/aromatic N) is 1. The van der Waals surface area contributed by atoms with Gasteiger partial charge in [-0.3, -0.25) is 10.1 Å². The molecule has 1 fully saturated rings. The first-order chi connectivity index (χ1) is 12.6. The van der Waals surface area contributed by atoms with E-state index < -0.39 is 0 Å². The highest BCUT2D eigenvalue weighted by atomic mass is 16.2. The first-order valence-electron chi connectivity index (χ1n) is 9.85. The van der Waals surface area contributed by atoms with Gasteiger partial charge in [0.15, 0.2) is 0 Å². The number of amides is 1. The second kappa shape index (κ2) is 7.24. The van der Waals surface area contributed by atoms with Gasteiger partial charge < -0.3 is 4.90 Å². The lowest BCUT2D eigenvalue weighted by atomic mass is 9.78. The number of rotatable bonds is 4. The number of carbonyl (C=O) groups excluding carboxylic acids is 1. The Kier molecular flexibility index (Phi) is 4.82. The van der Waals surface area contributed by atoms with Crippen LogP contribution in [0.1, 0.15) is 60.8 Å². The van der Waals surface area contributed by atoms with Gasteiger partial charge in [0.2, 0.25) is 0 Å². The van der Waals surface area contributed by atoms with E-state index in [-0.39, 0.29) is 12.1 Å². The molecule has 1 aliphatic carbocycles. The minimum Gasteiger partial charge on any atom is -0.315 e. The van der Waals surface area contributed by atoms with E-state index in [1.54, 1.807) is 0 Å². The topological polar surface area (TPSA) is 32.3 Å². The molecule has 1 N–H and O–H groups in total. The van der Waals surface area contributed by atoms with Crippen molar-refractivity contribution in [2.45, 2.75) is 51.9 Å². The molecule has 0 radical (unpaired) electrons.